The molecule has 4 aromatic rings. The second kappa shape index (κ2) is 9.58. The molecule has 0 atom stereocenters. The van der Waals surface area contributed by atoms with Gasteiger partial charge >= 0.3 is 7.82 Å². The SMILES string of the molecule is C=COc1ccc2ccccc2c1-c1c(OP(=O)(OCC)OCC)ccc2ccccc12. The molecular formula is C26H25O5P. The van der Waals surface area contributed by atoms with Gasteiger partial charge in [0.25, 0.3) is 0 Å². The van der Waals surface area contributed by atoms with E-state index in [4.69, 9.17) is 18.3 Å². The van der Waals surface area contributed by atoms with E-state index in [9.17, 15) is 4.57 Å². The predicted molar refractivity (Wildman–Crippen MR) is 129 cm³/mol. The van der Waals surface area contributed by atoms with Crippen LogP contribution in [0.2, 0.25) is 0 Å². The molecule has 0 bridgehead atoms. The summed E-state index contributed by atoms with van der Waals surface area (Å²) in [5, 5.41) is 3.94. The Morgan fingerprint density at radius 1 is 0.750 bits per heavy atom. The van der Waals surface area contributed by atoms with E-state index in [0.717, 1.165) is 32.7 Å². The maximum absolute atomic E-state index is 13.3. The van der Waals surface area contributed by atoms with Gasteiger partial charge in [0.05, 0.1) is 19.5 Å². The number of phosphoric acid groups is 1. The van der Waals surface area contributed by atoms with E-state index in [0.29, 0.717) is 11.5 Å². The minimum Gasteiger partial charge on any atom is -0.465 e. The van der Waals surface area contributed by atoms with Gasteiger partial charge < -0.3 is 9.26 Å². The first-order valence-corrected chi connectivity index (χ1v) is 12.0. The molecule has 0 N–H and O–H groups in total. The standard InChI is InChI=1S/C26H25O5P/c1-4-28-23-17-15-19-11-7-9-13-21(19)25(23)26-22-14-10-8-12-20(22)16-18-24(26)31-32(27,29-5-2)30-6-3/h4,7-18H,1,5-6H2,2-3H3. The second-order valence-electron chi connectivity index (χ2n) is 6.98. The first-order valence-electron chi connectivity index (χ1n) is 10.5. The minimum absolute atomic E-state index is 0.194. The molecule has 0 saturated carbocycles. The van der Waals surface area contributed by atoms with Crippen LogP contribution < -0.4 is 9.26 Å². The van der Waals surface area contributed by atoms with Crippen molar-refractivity contribution in [2.45, 2.75) is 13.8 Å². The summed E-state index contributed by atoms with van der Waals surface area (Å²) in [4.78, 5) is 0. The molecule has 4 rings (SSSR count). The molecule has 0 spiro atoms. The van der Waals surface area contributed by atoms with Crippen molar-refractivity contribution in [3.8, 4) is 22.6 Å². The second-order valence-corrected chi connectivity index (χ2v) is 8.57. The topological polar surface area (TPSA) is 54.0 Å². The van der Waals surface area contributed by atoms with Crippen LogP contribution in [0.1, 0.15) is 13.8 Å². The van der Waals surface area contributed by atoms with Crippen LogP contribution in [-0.2, 0) is 13.6 Å². The smallest absolute Gasteiger partial charge is 0.465 e. The summed E-state index contributed by atoms with van der Waals surface area (Å²) >= 11 is 0. The van der Waals surface area contributed by atoms with Crippen molar-refractivity contribution in [2.24, 2.45) is 0 Å². The summed E-state index contributed by atoms with van der Waals surface area (Å²) in [6.07, 6.45) is 1.39. The van der Waals surface area contributed by atoms with Crippen LogP contribution in [0.25, 0.3) is 32.7 Å². The van der Waals surface area contributed by atoms with Crippen molar-refractivity contribution >= 4 is 29.4 Å². The maximum atomic E-state index is 13.3. The molecule has 0 aliphatic heterocycles. The molecule has 0 aromatic heterocycles. The fourth-order valence-electron chi connectivity index (χ4n) is 3.81. The molecule has 0 fully saturated rings. The lowest BCUT2D eigenvalue weighted by Crippen LogP contribution is -2.04. The van der Waals surface area contributed by atoms with Gasteiger partial charge in [0, 0.05) is 11.1 Å². The van der Waals surface area contributed by atoms with Crippen molar-refractivity contribution in [3.63, 3.8) is 0 Å². The van der Waals surface area contributed by atoms with Gasteiger partial charge in [-0.1, -0.05) is 67.2 Å². The molecule has 164 valence electrons. The third-order valence-corrected chi connectivity index (χ3v) is 6.60. The van der Waals surface area contributed by atoms with Crippen LogP contribution in [0.5, 0.6) is 11.5 Å². The van der Waals surface area contributed by atoms with Crippen molar-refractivity contribution in [2.75, 3.05) is 13.2 Å². The maximum Gasteiger partial charge on any atom is 0.530 e. The Morgan fingerprint density at radius 3 is 1.78 bits per heavy atom. The fourth-order valence-corrected chi connectivity index (χ4v) is 5.01. The zero-order chi connectivity index (χ0) is 22.6. The van der Waals surface area contributed by atoms with E-state index in [2.05, 4.69) is 6.58 Å². The molecule has 4 aromatic carbocycles. The molecule has 0 heterocycles. The number of ether oxygens (including phenoxy) is 1. The number of phosphoric ester groups is 1. The third kappa shape index (κ3) is 4.28. The van der Waals surface area contributed by atoms with Gasteiger partial charge in [-0.15, -0.1) is 0 Å². The summed E-state index contributed by atoms with van der Waals surface area (Å²) in [7, 11) is -3.82. The first-order chi connectivity index (χ1) is 15.6. The van der Waals surface area contributed by atoms with Crippen molar-refractivity contribution in [1.29, 1.82) is 0 Å². The fraction of sp³-hybridized carbons (Fsp3) is 0.154. The van der Waals surface area contributed by atoms with E-state index in [-0.39, 0.29) is 13.2 Å². The van der Waals surface area contributed by atoms with E-state index in [1.807, 2.05) is 66.7 Å². The highest BCUT2D eigenvalue weighted by molar-refractivity contribution is 7.48. The van der Waals surface area contributed by atoms with Gasteiger partial charge in [0.2, 0.25) is 0 Å². The van der Waals surface area contributed by atoms with Crippen LogP contribution in [-0.4, -0.2) is 13.2 Å². The normalized spacial score (nSPS) is 11.6. The van der Waals surface area contributed by atoms with Gasteiger partial charge in [-0.25, -0.2) is 4.57 Å². The molecular weight excluding hydrogens is 423 g/mol. The van der Waals surface area contributed by atoms with Crippen LogP contribution in [0.3, 0.4) is 0 Å². The largest absolute Gasteiger partial charge is 0.530 e. The zero-order valence-electron chi connectivity index (χ0n) is 18.1. The Balaban J connectivity index is 2.06. The number of rotatable bonds is 9. The van der Waals surface area contributed by atoms with Gasteiger partial charge in [-0.05, 0) is 47.5 Å². The zero-order valence-corrected chi connectivity index (χ0v) is 19.0. The number of hydrogen-bond donors (Lipinski definition) is 0. The number of fused-ring (bicyclic) bond motifs is 2. The lowest BCUT2D eigenvalue weighted by Gasteiger charge is -2.22. The molecule has 32 heavy (non-hydrogen) atoms. The Morgan fingerprint density at radius 2 is 1.25 bits per heavy atom. The Bertz CT molecular complexity index is 1300. The summed E-state index contributed by atoms with van der Waals surface area (Å²) in [6, 6.07) is 23.6. The summed E-state index contributed by atoms with van der Waals surface area (Å²) < 4.78 is 35.9. The Hall–Kier alpha value is -3.11. The predicted octanol–water partition coefficient (Wildman–Crippen LogP) is 7.74. The van der Waals surface area contributed by atoms with E-state index >= 15 is 0 Å². The molecule has 0 aliphatic carbocycles. The molecule has 0 aliphatic rings. The van der Waals surface area contributed by atoms with Gasteiger partial charge in [0.1, 0.15) is 11.5 Å². The van der Waals surface area contributed by atoms with Crippen molar-refractivity contribution in [1.82, 2.24) is 0 Å². The molecule has 6 heteroatoms. The molecule has 0 amide bonds. The minimum atomic E-state index is -3.82. The van der Waals surface area contributed by atoms with Crippen LogP contribution in [0.4, 0.5) is 0 Å². The van der Waals surface area contributed by atoms with Crippen LogP contribution in [0.15, 0.2) is 85.6 Å². The lowest BCUT2D eigenvalue weighted by molar-refractivity contribution is 0.168. The molecule has 5 nitrogen and oxygen atoms in total. The first kappa shape index (κ1) is 22.1. The third-order valence-electron chi connectivity index (χ3n) is 5.03. The van der Waals surface area contributed by atoms with Gasteiger partial charge in [-0.3, -0.25) is 9.05 Å². The average molecular weight is 448 g/mol. The van der Waals surface area contributed by atoms with Gasteiger partial charge in [-0.2, -0.15) is 0 Å². The monoisotopic (exact) mass is 448 g/mol. The molecule has 0 saturated heterocycles. The highest BCUT2D eigenvalue weighted by Gasteiger charge is 2.30. The molecule has 0 radical (unpaired) electrons. The van der Waals surface area contributed by atoms with E-state index in [1.54, 1.807) is 19.9 Å². The summed E-state index contributed by atoms with van der Waals surface area (Å²) in [5.74, 6) is 1.00. The van der Waals surface area contributed by atoms with Crippen LogP contribution >= 0.6 is 7.82 Å². The van der Waals surface area contributed by atoms with Crippen LogP contribution in [0, 0.1) is 0 Å². The van der Waals surface area contributed by atoms with E-state index < -0.39 is 7.82 Å². The van der Waals surface area contributed by atoms with E-state index in [1.165, 1.54) is 6.26 Å². The Kier molecular flexibility index (Phi) is 6.61. The summed E-state index contributed by atoms with van der Waals surface area (Å²) in [6.45, 7) is 7.61. The quantitative estimate of drug-likeness (QED) is 0.194. The Labute approximate surface area is 187 Å². The van der Waals surface area contributed by atoms with Crippen molar-refractivity contribution < 1.29 is 22.9 Å². The number of benzene rings is 4. The molecule has 0 unspecified atom stereocenters. The lowest BCUT2D eigenvalue weighted by atomic mass is 9.92. The van der Waals surface area contributed by atoms with Crippen molar-refractivity contribution in [3.05, 3.63) is 85.6 Å². The van der Waals surface area contributed by atoms with Gasteiger partial charge in [0.15, 0.2) is 0 Å². The highest BCUT2D eigenvalue weighted by Crippen LogP contribution is 2.54. The highest BCUT2D eigenvalue weighted by atomic mass is 31.2. The average Bonchev–Trinajstić information content (AvgIpc) is 2.80. The number of hydrogen-bond acceptors (Lipinski definition) is 5. The summed E-state index contributed by atoms with van der Waals surface area (Å²) in [5.41, 5.74) is 1.56.